The van der Waals surface area contributed by atoms with Crippen LogP contribution in [0.25, 0.3) is 88.7 Å². The average Bonchev–Trinajstić information content (AvgIpc) is 4.05. The van der Waals surface area contributed by atoms with Crippen LogP contribution in [0, 0.1) is 0 Å². The first-order chi connectivity index (χ1) is 30.2. The molecule has 14 rings (SSSR count). The monoisotopic (exact) mass is 790 g/mol. The highest BCUT2D eigenvalue weighted by molar-refractivity contribution is 6.13. The van der Waals surface area contributed by atoms with Gasteiger partial charge in [-0.05, 0) is 136 Å². The second-order valence-corrected chi connectivity index (χ2v) is 19.1. The van der Waals surface area contributed by atoms with Crippen molar-refractivity contribution in [3.8, 4) is 66.8 Å². The zero-order valence-corrected chi connectivity index (χ0v) is 35.2. The number of hydrogen-bond donors (Lipinski definition) is 0. The van der Waals surface area contributed by atoms with E-state index in [1.165, 1.54) is 111 Å². The summed E-state index contributed by atoms with van der Waals surface area (Å²) in [7, 11) is 0. The van der Waals surface area contributed by atoms with Crippen molar-refractivity contribution in [2.24, 2.45) is 0 Å². The summed E-state index contributed by atoms with van der Waals surface area (Å²) in [5.74, 6) is 0. The van der Waals surface area contributed by atoms with E-state index in [-0.39, 0.29) is 10.8 Å². The predicted octanol–water partition coefficient (Wildman–Crippen LogP) is 15.9. The summed E-state index contributed by atoms with van der Waals surface area (Å²) in [6, 6.07) is 69.1. The van der Waals surface area contributed by atoms with Crippen molar-refractivity contribution in [2.45, 2.75) is 43.9 Å². The molecule has 292 valence electrons. The average molecular weight is 791 g/mol. The molecular weight excluding hydrogens is 749 g/mol. The van der Waals surface area contributed by atoms with E-state index in [1.54, 1.807) is 0 Å². The van der Waals surface area contributed by atoms with Crippen molar-refractivity contribution in [2.75, 3.05) is 0 Å². The van der Waals surface area contributed by atoms with Crippen LogP contribution >= 0.6 is 0 Å². The van der Waals surface area contributed by atoms with Crippen LogP contribution in [0.2, 0.25) is 0 Å². The first kappa shape index (κ1) is 34.5. The van der Waals surface area contributed by atoms with E-state index in [0.29, 0.717) is 0 Å². The van der Waals surface area contributed by atoms with Crippen molar-refractivity contribution in [3.63, 3.8) is 0 Å². The van der Waals surface area contributed by atoms with Crippen LogP contribution in [0.15, 0.2) is 186 Å². The molecule has 1 heterocycles. The van der Waals surface area contributed by atoms with Gasteiger partial charge in [-0.3, -0.25) is 0 Å². The quantitative estimate of drug-likeness (QED) is 0.170. The molecular formula is C61H42O. The molecule has 62 heavy (non-hydrogen) atoms. The summed E-state index contributed by atoms with van der Waals surface area (Å²) in [5.41, 5.74) is 27.4. The summed E-state index contributed by atoms with van der Waals surface area (Å²) in [4.78, 5) is 0. The molecule has 0 saturated heterocycles. The third kappa shape index (κ3) is 4.10. The van der Waals surface area contributed by atoms with Gasteiger partial charge in [0.15, 0.2) is 0 Å². The third-order valence-corrected chi connectivity index (χ3v) is 15.5. The summed E-state index contributed by atoms with van der Waals surface area (Å²) >= 11 is 0. The maximum Gasteiger partial charge on any atom is 0.143 e. The van der Waals surface area contributed by atoms with Gasteiger partial charge < -0.3 is 4.42 Å². The molecule has 0 amide bonds. The van der Waals surface area contributed by atoms with Crippen molar-refractivity contribution in [1.82, 2.24) is 0 Å². The number of benzene rings is 9. The zero-order chi connectivity index (χ0) is 41.3. The minimum absolute atomic E-state index is 0.0800. The third-order valence-electron chi connectivity index (χ3n) is 15.5. The highest BCUT2D eigenvalue weighted by Crippen LogP contribution is 2.65. The topological polar surface area (TPSA) is 13.1 Å². The van der Waals surface area contributed by atoms with Crippen LogP contribution in [0.4, 0.5) is 0 Å². The lowest BCUT2D eigenvalue weighted by atomic mass is 9.69. The summed E-state index contributed by atoms with van der Waals surface area (Å²) in [5, 5.41) is 2.32. The van der Waals surface area contributed by atoms with E-state index in [4.69, 9.17) is 4.42 Å². The van der Waals surface area contributed by atoms with E-state index in [1.807, 2.05) is 0 Å². The molecule has 0 unspecified atom stereocenters. The van der Waals surface area contributed by atoms with Crippen LogP contribution in [-0.4, -0.2) is 0 Å². The second-order valence-electron chi connectivity index (χ2n) is 19.1. The molecule has 10 aromatic rings. The van der Waals surface area contributed by atoms with Gasteiger partial charge in [-0.2, -0.15) is 0 Å². The Morgan fingerprint density at radius 2 is 0.726 bits per heavy atom. The molecule has 0 aliphatic heterocycles. The van der Waals surface area contributed by atoms with E-state index in [2.05, 4.69) is 210 Å². The number of fused-ring (bicyclic) bond motifs is 20. The molecule has 0 fully saturated rings. The smallest absolute Gasteiger partial charge is 0.143 e. The Balaban J connectivity index is 1.02. The maximum absolute atomic E-state index is 6.89. The van der Waals surface area contributed by atoms with Crippen LogP contribution in [0.1, 0.15) is 72.2 Å². The Kier molecular flexibility index (Phi) is 6.44. The first-order valence-electron chi connectivity index (χ1n) is 22.1. The summed E-state index contributed by atoms with van der Waals surface area (Å²) in [6.07, 6.45) is 0. The van der Waals surface area contributed by atoms with Crippen LogP contribution in [0.3, 0.4) is 0 Å². The molecule has 4 aliphatic carbocycles. The molecule has 1 heteroatoms. The van der Waals surface area contributed by atoms with Gasteiger partial charge in [0.05, 0.1) is 5.41 Å². The summed E-state index contributed by atoms with van der Waals surface area (Å²) < 4.78 is 6.89. The molecule has 4 aliphatic rings. The standard InChI is InChI=1S/C61H42O/c1-59(2)48-17-9-5-13-39(48)41-25-21-35(31-52(41)59)37-23-27-43-44-28-24-38(36-22-26-42-40-14-6-10-18-49(40)60(3,4)53(42)32-36)34-55(44)61(54(43)33-37)50-19-11-7-16-47(50)57-51(61)30-29-46-45-15-8-12-20-56(45)62-58(46)57/h5-34H,1-4H3. The van der Waals surface area contributed by atoms with Crippen molar-refractivity contribution < 1.29 is 4.42 Å². The van der Waals surface area contributed by atoms with Crippen molar-refractivity contribution in [1.29, 1.82) is 0 Å². The van der Waals surface area contributed by atoms with Gasteiger partial charge in [0.2, 0.25) is 0 Å². The number of rotatable bonds is 2. The maximum atomic E-state index is 6.89. The number of hydrogen-bond acceptors (Lipinski definition) is 1. The minimum Gasteiger partial charge on any atom is -0.455 e. The van der Waals surface area contributed by atoms with Gasteiger partial charge in [-0.15, -0.1) is 0 Å². The lowest BCUT2D eigenvalue weighted by molar-refractivity contribution is 0.660. The Morgan fingerprint density at radius 3 is 1.27 bits per heavy atom. The molecule has 0 bridgehead atoms. The Morgan fingerprint density at radius 1 is 0.306 bits per heavy atom. The van der Waals surface area contributed by atoms with Gasteiger partial charge in [0.25, 0.3) is 0 Å². The Hall–Kier alpha value is -7.22. The lowest BCUT2D eigenvalue weighted by Gasteiger charge is -2.31. The highest BCUT2D eigenvalue weighted by atomic mass is 16.3. The van der Waals surface area contributed by atoms with Crippen LogP contribution in [0.5, 0.6) is 0 Å². The molecule has 1 nitrogen and oxygen atoms in total. The van der Waals surface area contributed by atoms with E-state index < -0.39 is 5.41 Å². The molecule has 0 N–H and O–H groups in total. The SMILES string of the molecule is CC1(C)c2ccccc2-c2ccc(-c3ccc4c(c3)C3(c5cc(-c6ccc7c(c6)C(C)(C)c6ccccc6-7)ccc5-4)c4ccccc4-c4c3ccc3c4oc4ccccc43)cc21. The minimum atomic E-state index is -0.561. The fourth-order valence-corrected chi connectivity index (χ4v) is 12.6. The van der Waals surface area contributed by atoms with Crippen molar-refractivity contribution in [3.05, 3.63) is 226 Å². The largest absolute Gasteiger partial charge is 0.455 e. The second kappa shape index (κ2) is 11.6. The molecule has 0 saturated carbocycles. The van der Waals surface area contributed by atoms with Crippen molar-refractivity contribution >= 4 is 21.9 Å². The molecule has 1 aromatic heterocycles. The van der Waals surface area contributed by atoms with Gasteiger partial charge >= 0.3 is 0 Å². The predicted molar refractivity (Wildman–Crippen MR) is 256 cm³/mol. The zero-order valence-electron chi connectivity index (χ0n) is 35.2. The molecule has 0 radical (unpaired) electrons. The molecule has 0 atom stereocenters. The number of para-hydroxylation sites is 1. The van der Waals surface area contributed by atoms with Gasteiger partial charge in [-0.25, -0.2) is 0 Å². The van der Waals surface area contributed by atoms with E-state index >= 15 is 0 Å². The van der Waals surface area contributed by atoms with Crippen LogP contribution in [-0.2, 0) is 16.2 Å². The Bertz CT molecular complexity index is 3490. The molecule has 1 spiro atoms. The summed E-state index contributed by atoms with van der Waals surface area (Å²) in [6.45, 7) is 9.50. The van der Waals surface area contributed by atoms with Crippen LogP contribution < -0.4 is 0 Å². The normalized spacial score (nSPS) is 15.8. The van der Waals surface area contributed by atoms with Gasteiger partial charge in [-0.1, -0.05) is 179 Å². The lowest BCUT2D eigenvalue weighted by Crippen LogP contribution is -2.26. The highest BCUT2D eigenvalue weighted by Gasteiger charge is 2.53. The fraction of sp³-hybridized carbons (Fsp3) is 0.115. The van der Waals surface area contributed by atoms with E-state index in [9.17, 15) is 0 Å². The Labute approximate surface area is 362 Å². The number of furan rings is 1. The van der Waals surface area contributed by atoms with E-state index in [0.717, 1.165) is 21.9 Å². The fourth-order valence-electron chi connectivity index (χ4n) is 12.6. The van der Waals surface area contributed by atoms with Gasteiger partial charge in [0.1, 0.15) is 11.2 Å². The van der Waals surface area contributed by atoms with Gasteiger partial charge in [0, 0.05) is 27.2 Å². The molecule has 9 aromatic carbocycles. The first-order valence-corrected chi connectivity index (χ1v) is 22.1.